The molecule has 7 nitrogen and oxygen atoms in total. The number of rotatable bonds is 6. The fraction of sp³-hybridized carbons (Fsp3) is 0.185. The number of hydrogen-bond acceptors (Lipinski definition) is 4. The minimum atomic E-state index is -0.272. The molecule has 0 aliphatic carbocycles. The van der Waals surface area contributed by atoms with Gasteiger partial charge in [0, 0.05) is 24.0 Å². The molecule has 0 aliphatic heterocycles. The zero-order valence-electron chi connectivity index (χ0n) is 19.3. The molecule has 0 bridgehead atoms. The fourth-order valence-corrected chi connectivity index (χ4v) is 4.64. The van der Waals surface area contributed by atoms with Crippen LogP contribution in [0, 0.1) is 13.8 Å². The van der Waals surface area contributed by atoms with Crippen LogP contribution in [0.4, 0.5) is 0 Å². The highest BCUT2D eigenvalue weighted by molar-refractivity contribution is 5.97. The lowest BCUT2D eigenvalue weighted by atomic mass is 9.98. The normalized spacial score (nSPS) is 11.4. The molecule has 0 radical (unpaired) electrons. The van der Waals surface area contributed by atoms with E-state index in [9.17, 15) is 9.59 Å². The third-order valence-corrected chi connectivity index (χ3v) is 6.31. The summed E-state index contributed by atoms with van der Waals surface area (Å²) in [4.78, 5) is 30.5. The first-order chi connectivity index (χ1) is 16.5. The summed E-state index contributed by atoms with van der Waals surface area (Å²) in [6, 6.07) is 22.4. The first-order valence-corrected chi connectivity index (χ1v) is 11.1. The SMILES string of the molecule is Cc1cc(C(=O)Cn2cnc3c(cnn3C)c2=O)c(C)n1C(c1ccccc1)c1ccccc1. The largest absolute Gasteiger partial charge is 0.337 e. The van der Waals surface area contributed by atoms with Crippen molar-refractivity contribution in [2.45, 2.75) is 26.4 Å². The molecule has 34 heavy (non-hydrogen) atoms. The molecule has 7 heteroatoms. The van der Waals surface area contributed by atoms with E-state index in [1.807, 2.05) is 56.3 Å². The van der Waals surface area contributed by atoms with Gasteiger partial charge in [-0.3, -0.25) is 18.8 Å². The standard InChI is InChI=1S/C27H25N5O2/c1-18-14-22(24(33)16-31-17-28-26-23(27(31)34)15-29-30(26)3)19(2)32(18)25(20-10-6-4-7-11-20)21-12-8-5-9-13-21/h4-15,17,25H,16H2,1-3H3. The molecule has 5 aromatic rings. The van der Waals surface area contributed by atoms with Gasteiger partial charge in [0.25, 0.3) is 5.56 Å². The maximum absolute atomic E-state index is 13.4. The summed E-state index contributed by atoms with van der Waals surface area (Å²) in [6.07, 6.45) is 2.90. The second kappa shape index (κ2) is 8.59. The van der Waals surface area contributed by atoms with Crippen LogP contribution in [0.15, 0.2) is 84.0 Å². The predicted octanol–water partition coefficient (Wildman–Crippen LogP) is 4.07. The van der Waals surface area contributed by atoms with E-state index in [4.69, 9.17) is 0 Å². The van der Waals surface area contributed by atoms with Crippen LogP contribution in [0.5, 0.6) is 0 Å². The minimum absolute atomic E-state index is 0.0694. The van der Waals surface area contributed by atoms with Gasteiger partial charge in [0.15, 0.2) is 11.4 Å². The third-order valence-electron chi connectivity index (χ3n) is 6.31. The van der Waals surface area contributed by atoms with Crippen molar-refractivity contribution in [1.29, 1.82) is 0 Å². The molecule has 0 saturated carbocycles. The second-order valence-corrected chi connectivity index (χ2v) is 8.48. The van der Waals surface area contributed by atoms with Crippen LogP contribution in [0.25, 0.3) is 11.0 Å². The molecule has 0 saturated heterocycles. The Balaban J connectivity index is 1.55. The maximum atomic E-state index is 13.4. The van der Waals surface area contributed by atoms with Crippen molar-refractivity contribution in [2.24, 2.45) is 7.05 Å². The Morgan fingerprint density at radius 3 is 2.21 bits per heavy atom. The van der Waals surface area contributed by atoms with Gasteiger partial charge in [-0.1, -0.05) is 60.7 Å². The van der Waals surface area contributed by atoms with E-state index in [0.717, 1.165) is 22.5 Å². The fourth-order valence-electron chi connectivity index (χ4n) is 4.64. The van der Waals surface area contributed by atoms with Gasteiger partial charge in [0.2, 0.25) is 0 Å². The number of ketones is 1. The summed E-state index contributed by atoms with van der Waals surface area (Å²) < 4.78 is 5.09. The Labute approximate surface area is 196 Å². The molecule has 3 heterocycles. The van der Waals surface area contributed by atoms with E-state index in [-0.39, 0.29) is 23.9 Å². The molecule has 0 amide bonds. The van der Waals surface area contributed by atoms with E-state index in [0.29, 0.717) is 16.6 Å². The van der Waals surface area contributed by atoms with Gasteiger partial charge in [-0.15, -0.1) is 0 Å². The molecular weight excluding hydrogens is 426 g/mol. The lowest BCUT2D eigenvalue weighted by Crippen LogP contribution is -2.25. The zero-order chi connectivity index (χ0) is 23.8. The molecule has 3 aromatic heterocycles. The van der Waals surface area contributed by atoms with Crippen LogP contribution in [0.1, 0.15) is 38.9 Å². The number of aromatic nitrogens is 5. The molecule has 5 rings (SSSR count). The second-order valence-electron chi connectivity index (χ2n) is 8.48. The molecule has 0 aliphatic rings. The Morgan fingerprint density at radius 2 is 1.59 bits per heavy atom. The van der Waals surface area contributed by atoms with Gasteiger partial charge in [0.05, 0.1) is 18.8 Å². The third kappa shape index (κ3) is 3.65. The highest BCUT2D eigenvalue weighted by Crippen LogP contribution is 2.31. The molecule has 0 atom stereocenters. The summed E-state index contributed by atoms with van der Waals surface area (Å²) in [5, 5.41) is 4.49. The smallest absolute Gasteiger partial charge is 0.264 e. The predicted molar refractivity (Wildman–Crippen MR) is 131 cm³/mol. The zero-order valence-corrected chi connectivity index (χ0v) is 19.3. The first kappa shape index (κ1) is 21.6. The number of aryl methyl sites for hydroxylation is 2. The van der Waals surface area contributed by atoms with E-state index in [1.54, 1.807) is 11.7 Å². The summed E-state index contributed by atoms with van der Waals surface area (Å²) in [5.41, 5.74) is 4.95. The van der Waals surface area contributed by atoms with Gasteiger partial charge in [-0.05, 0) is 31.0 Å². The van der Waals surface area contributed by atoms with Crippen molar-refractivity contribution in [1.82, 2.24) is 23.9 Å². The number of benzene rings is 2. The molecule has 170 valence electrons. The number of hydrogen-bond donors (Lipinski definition) is 0. The van der Waals surface area contributed by atoms with E-state index < -0.39 is 0 Å². The van der Waals surface area contributed by atoms with Crippen LogP contribution in [-0.4, -0.2) is 29.7 Å². The number of fused-ring (bicyclic) bond motifs is 1. The average molecular weight is 452 g/mol. The molecule has 0 N–H and O–H groups in total. The summed E-state index contributed by atoms with van der Waals surface area (Å²) in [7, 11) is 1.73. The van der Waals surface area contributed by atoms with Crippen molar-refractivity contribution in [3.05, 3.63) is 118 Å². The average Bonchev–Trinajstić information content (AvgIpc) is 3.37. The lowest BCUT2D eigenvalue weighted by Gasteiger charge is -2.24. The van der Waals surface area contributed by atoms with Crippen molar-refractivity contribution < 1.29 is 4.79 Å². The topological polar surface area (TPSA) is 74.7 Å². The Bertz CT molecular complexity index is 1510. The summed E-state index contributed by atoms with van der Waals surface area (Å²) >= 11 is 0. The van der Waals surface area contributed by atoms with Crippen LogP contribution in [0.2, 0.25) is 0 Å². The van der Waals surface area contributed by atoms with Gasteiger partial charge in [-0.25, -0.2) is 4.98 Å². The lowest BCUT2D eigenvalue weighted by molar-refractivity contribution is 0.0970. The number of carbonyl (C=O) groups is 1. The van der Waals surface area contributed by atoms with Crippen molar-refractivity contribution >= 4 is 16.8 Å². The van der Waals surface area contributed by atoms with Crippen LogP contribution in [0.3, 0.4) is 0 Å². The van der Waals surface area contributed by atoms with Crippen molar-refractivity contribution in [3.63, 3.8) is 0 Å². The molecule has 2 aromatic carbocycles. The van der Waals surface area contributed by atoms with Gasteiger partial charge < -0.3 is 4.57 Å². The quantitative estimate of drug-likeness (QED) is 0.365. The maximum Gasteiger partial charge on any atom is 0.264 e. The van der Waals surface area contributed by atoms with E-state index >= 15 is 0 Å². The van der Waals surface area contributed by atoms with Crippen molar-refractivity contribution in [3.8, 4) is 0 Å². The van der Waals surface area contributed by atoms with Crippen LogP contribution in [-0.2, 0) is 13.6 Å². The monoisotopic (exact) mass is 451 g/mol. The van der Waals surface area contributed by atoms with Crippen molar-refractivity contribution in [2.75, 3.05) is 0 Å². The molecular formula is C27H25N5O2. The summed E-state index contributed by atoms with van der Waals surface area (Å²) in [5.74, 6) is -0.133. The number of carbonyl (C=O) groups excluding carboxylic acids is 1. The highest BCUT2D eigenvalue weighted by atomic mass is 16.1. The first-order valence-electron chi connectivity index (χ1n) is 11.1. The van der Waals surface area contributed by atoms with Gasteiger partial charge >= 0.3 is 0 Å². The van der Waals surface area contributed by atoms with E-state index in [2.05, 4.69) is 38.9 Å². The van der Waals surface area contributed by atoms with Crippen LogP contribution >= 0.6 is 0 Å². The molecule has 0 fully saturated rings. The van der Waals surface area contributed by atoms with Crippen LogP contribution < -0.4 is 5.56 Å². The Morgan fingerprint density at radius 1 is 0.971 bits per heavy atom. The molecule has 0 unspecified atom stereocenters. The van der Waals surface area contributed by atoms with E-state index in [1.165, 1.54) is 17.1 Å². The Kier molecular flexibility index (Phi) is 5.45. The molecule has 0 spiro atoms. The minimum Gasteiger partial charge on any atom is -0.337 e. The van der Waals surface area contributed by atoms with Gasteiger partial charge in [-0.2, -0.15) is 5.10 Å². The highest BCUT2D eigenvalue weighted by Gasteiger charge is 2.24. The van der Waals surface area contributed by atoms with Gasteiger partial charge in [0.1, 0.15) is 11.7 Å². The number of nitrogens with zero attached hydrogens (tertiary/aromatic N) is 5. The summed E-state index contributed by atoms with van der Waals surface area (Å²) in [6.45, 7) is 3.89. The Hall–Kier alpha value is -4.26. The number of Topliss-reactive ketones (excluding diaryl/α,β-unsaturated/α-hetero) is 1.